The summed E-state index contributed by atoms with van der Waals surface area (Å²) in [7, 11) is 1.35. The van der Waals surface area contributed by atoms with Crippen LogP contribution in [0.5, 0.6) is 11.5 Å². The van der Waals surface area contributed by atoms with E-state index in [0.29, 0.717) is 16.5 Å². The van der Waals surface area contributed by atoms with Gasteiger partial charge < -0.3 is 19.2 Å². The quantitative estimate of drug-likeness (QED) is 0.454. The molecule has 0 unspecified atom stereocenters. The summed E-state index contributed by atoms with van der Waals surface area (Å²) >= 11 is 6.02. The molecular formula is C19H15ClN2O6. The molecule has 0 bridgehead atoms. The van der Waals surface area contributed by atoms with Crippen LogP contribution in [-0.2, 0) is 6.61 Å². The van der Waals surface area contributed by atoms with Crippen molar-refractivity contribution in [1.29, 1.82) is 0 Å². The summed E-state index contributed by atoms with van der Waals surface area (Å²) in [6.45, 7) is 0.0951. The van der Waals surface area contributed by atoms with Crippen LogP contribution in [-0.4, -0.2) is 17.9 Å². The fourth-order valence-corrected chi connectivity index (χ4v) is 2.56. The Bertz CT molecular complexity index is 1020. The molecule has 144 valence electrons. The molecular weight excluding hydrogens is 388 g/mol. The summed E-state index contributed by atoms with van der Waals surface area (Å²) in [4.78, 5) is 22.7. The molecule has 1 aromatic heterocycles. The first kappa shape index (κ1) is 19.2. The SMILES string of the molecule is COc1cc([N+](=O)[O-])ccc1NC(=O)c1ccc(COc2ccccc2Cl)o1. The molecule has 0 saturated carbocycles. The first-order chi connectivity index (χ1) is 13.5. The number of halogens is 1. The molecule has 0 spiro atoms. The monoisotopic (exact) mass is 402 g/mol. The molecule has 0 aliphatic heterocycles. The van der Waals surface area contributed by atoms with Crippen molar-refractivity contribution in [2.75, 3.05) is 12.4 Å². The number of benzene rings is 2. The number of carbonyl (C=O) groups is 1. The maximum atomic E-state index is 12.4. The highest BCUT2D eigenvalue weighted by molar-refractivity contribution is 6.32. The standard InChI is InChI=1S/C19H15ClN2O6/c1-26-18-10-12(22(24)25)6-8-15(18)21-19(23)17-9-7-13(28-17)11-27-16-5-3-2-4-14(16)20/h2-10H,11H2,1H3,(H,21,23). The van der Waals surface area contributed by atoms with Gasteiger partial charge in [-0.2, -0.15) is 0 Å². The van der Waals surface area contributed by atoms with Crippen LogP contribution in [0.1, 0.15) is 16.3 Å². The molecule has 0 aliphatic rings. The van der Waals surface area contributed by atoms with Gasteiger partial charge in [0.2, 0.25) is 0 Å². The van der Waals surface area contributed by atoms with Crippen molar-refractivity contribution in [3.05, 3.63) is 81.3 Å². The van der Waals surface area contributed by atoms with Crippen LogP contribution < -0.4 is 14.8 Å². The van der Waals surface area contributed by atoms with Crippen LogP contribution in [0.15, 0.2) is 59.0 Å². The molecule has 1 amide bonds. The van der Waals surface area contributed by atoms with Crippen LogP contribution in [0.25, 0.3) is 0 Å². The summed E-state index contributed by atoms with van der Waals surface area (Å²) in [6, 6.07) is 14.0. The summed E-state index contributed by atoms with van der Waals surface area (Å²) in [6.07, 6.45) is 0. The number of anilines is 1. The van der Waals surface area contributed by atoms with Crippen LogP contribution in [0.3, 0.4) is 0 Å². The number of nitrogens with zero attached hydrogens (tertiary/aromatic N) is 1. The van der Waals surface area contributed by atoms with Crippen molar-refractivity contribution in [2.24, 2.45) is 0 Å². The van der Waals surface area contributed by atoms with Gasteiger partial charge in [0.25, 0.3) is 11.6 Å². The third-order valence-electron chi connectivity index (χ3n) is 3.74. The average Bonchev–Trinajstić information content (AvgIpc) is 3.16. The number of para-hydroxylation sites is 1. The van der Waals surface area contributed by atoms with Gasteiger partial charge in [0.05, 0.1) is 28.8 Å². The first-order valence-electron chi connectivity index (χ1n) is 8.07. The number of rotatable bonds is 7. The summed E-state index contributed by atoms with van der Waals surface area (Å²) in [5, 5.41) is 13.9. The average molecular weight is 403 g/mol. The minimum Gasteiger partial charge on any atom is -0.494 e. The van der Waals surface area contributed by atoms with Crippen molar-refractivity contribution >= 4 is 28.9 Å². The lowest BCUT2D eigenvalue weighted by Gasteiger charge is -2.09. The van der Waals surface area contributed by atoms with E-state index in [1.54, 1.807) is 30.3 Å². The van der Waals surface area contributed by atoms with Crippen molar-refractivity contribution in [3.63, 3.8) is 0 Å². The molecule has 3 rings (SSSR count). The second kappa shape index (κ2) is 8.45. The molecule has 9 heteroatoms. The number of nitro benzene ring substituents is 1. The second-order valence-electron chi connectivity index (χ2n) is 5.58. The van der Waals surface area contributed by atoms with E-state index in [1.807, 2.05) is 0 Å². The topological polar surface area (TPSA) is 104 Å². The van der Waals surface area contributed by atoms with Crippen LogP contribution in [0.4, 0.5) is 11.4 Å². The molecule has 0 aliphatic carbocycles. The zero-order valence-corrected chi connectivity index (χ0v) is 15.4. The van der Waals surface area contributed by atoms with Crippen molar-refractivity contribution in [2.45, 2.75) is 6.61 Å². The maximum absolute atomic E-state index is 12.4. The Labute approximate surface area is 164 Å². The van der Waals surface area contributed by atoms with E-state index in [-0.39, 0.29) is 29.5 Å². The van der Waals surface area contributed by atoms with E-state index in [2.05, 4.69) is 5.32 Å². The molecule has 1 heterocycles. The number of hydrogen-bond donors (Lipinski definition) is 1. The lowest BCUT2D eigenvalue weighted by Crippen LogP contribution is -2.12. The predicted molar refractivity (Wildman–Crippen MR) is 102 cm³/mol. The lowest BCUT2D eigenvalue weighted by molar-refractivity contribution is -0.384. The smallest absolute Gasteiger partial charge is 0.291 e. The van der Waals surface area contributed by atoms with Gasteiger partial charge in [-0.15, -0.1) is 0 Å². The van der Waals surface area contributed by atoms with Gasteiger partial charge in [0.15, 0.2) is 5.76 Å². The highest BCUT2D eigenvalue weighted by Gasteiger charge is 2.17. The van der Waals surface area contributed by atoms with Crippen LogP contribution in [0, 0.1) is 10.1 Å². The maximum Gasteiger partial charge on any atom is 0.291 e. The molecule has 0 saturated heterocycles. The molecule has 0 atom stereocenters. The Morgan fingerprint density at radius 1 is 1.18 bits per heavy atom. The Balaban J connectivity index is 1.67. The van der Waals surface area contributed by atoms with Gasteiger partial charge in [0, 0.05) is 6.07 Å². The number of nitrogens with one attached hydrogen (secondary N) is 1. The van der Waals surface area contributed by atoms with E-state index in [0.717, 1.165) is 0 Å². The largest absolute Gasteiger partial charge is 0.494 e. The summed E-state index contributed by atoms with van der Waals surface area (Å²) in [5.41, 5.74) is 0.134. The Morgan fingerprint density at radius 3 is 2.68 bits per heavy atom. The molecule has 8 nitrogen and oxygen atoms in total. The van der Waals surface area contributed by atoms with Gasteiger partial charge in [0.1, 0.15) is 23.9 Å². The fourth-order valence-electron chi connectivity index (χ4n) is 2.37. The predicted octanol–water partition coefficient (Wildman–Crippen LogP) is 4.68. The minimum atomic E-state index is -0.550. The Morgan fingerprint density at radius 2 is 1.96 bits per heavy atom. The molecule has 2 aromatic carbocycles. The number of hydrogen-bond acceptors (Lipinski definition) is 6. The van der Waals surface area contributed by atoms with E-state index in [4.69, 9.17) is 25.5 Å². The van der Waals surface area contributed by atoms with Gasteiger partial charge in [-0.1, -0.05) is 23.7 Å². The Kier molecular flexibility index (Phi) is 5.81. The van der Waals surface area contributed by atoms with Crippen molar-refractivity contribution < 1.29 is 23.6 Å². The molecule has 3 aromatic rings. The second-order valence-corrected chi connectivity index (χ2v) is 5.99. The molecule has 28 heavy (non-hydrogen) atoms. The first-order valence-corrected chi connectivity index (χ1v) is 8.45. The number of ether oxygens (including phenoxy) is 2. The van der Waals surface area contributed by atoms with E-state index in [1.165, 1.54) is 31.4 Å². The number of methoxy groups -OCH3 is 1. The molecule has 0 fully saturated rings. The zero-order valence-electron chi connectivity index (χ0n) is 14.7. The zero-order chi connectivity index (χ0) is 20.1. The third-order valence-corrected chi connectivity index (χ3v) is 4.05. The number of carbonyl (C=O) groups excluding carboxylic acids is 1. The van der Waals surface area contributed by atoms with Crippen LogP contribution >= 0.6 is 11.6 Å². The fraction of sp³-hybridized carbons (Fsp3) is 0.105. The lowest BCUT2D eigenvalue weighted by atomic mass is 10.2. The third kappa shape index (κ3) is 4.41. The van der Waals surface area contributed by atoms with Gasteiger partial charge in [-0.25, -0.2) is 0 Å². The summed E-state index contributed by atoms with van der Waals surface area (Å²) in [5.74, 6) is 0.619. The van der Waals surface area contributed by atoms with E-state index < -0.39 is 10.8 Å². The highest BCUT2D eigenvalue weighted by atomic mass is 35.5. The number of non-ortho nitro benzene ring substituents is 1. The number of furan rings is 1. The number of nitro groups is 1. The highest BCUT2D eigenvalue weighted by Crippen LogP contribution is 2.29. The van der Waals surface area contributed by atoms with Crippen molar-refractivity contribution in [3.8, 4) is 11.5 Å². The molecule has 0 radical (unpaired) electrons. The number of amides is 1. The van der Waals surface area contributed by atoms with E-state index >= 15 is 0 Å². The van der Waals surface area contributed by atoms with Crippen LogP contribution in [0.2, 0.25) is 5.02 Å². The van der Waals surface area contributed by atoms with Gasteiger partial charge in [-0.3, -0.25) is 14.9 Å². The minimum absolute atomic E-state index is 0.0539. The van der Waals surface area contributed by atoms with Crippen molar-refractivity contribution in [1.82, 2.24) is 0 Å². The van der Waals surface area contributed by atoms with E-state index in [9.17, 15) is 14.9 Å². The molecule has 1 N–H and O–H groups in total. The Hall–Kier alpha value is -3.52. The summed E-state index contributed by atoms with van der Waals surface area (Å²) < 4.78 is 16.1. The van der Waals surface area contributed by atoms with Gasteiger partial charge >= 0.3 is 0 Å². The normalized spacial score (nSPS) is 10.4. The van der Waals surface area contributed by atoms with Gasteiger partial charge in [-0.05, 0) is 30.3 Å².